The first-order valence-electron chi connectivity index (χ1n) is 23.6. The van der Waals surface area contributed by atoms with Crippen LogP contribution in [0.15, 0.2) is 0 Å². The lowest BCUT2D eigenvalue weighted by molar-refractivity contribution is -0.293. The Morgan fingerprint density at radius 2 is 0.920 bits per heavy atom. The molecule has 0 bridgehead atoms. The summed E-state index contributed by atoms with van der Waals surface area (Å²) < 4.78 is 43.5. The van der Waals surface area contributed by atoms with E-state index in [0.29, 0.717) is 0 Å². The molecule has 0 saturated carbocycles. The van der Waals surface area contributed by atoms with E-state index in [0.717, 1.165) is 6.29 Å². The monoisotopic (exact) mass is 1100 g/mol. The lowest BCUT2D eigenvalue weighted by Gasteiger charge is -2.47. The smallest absolute Gasteiger partial charge is 0.335 e. The fourth-order valence-corrected chi connectivity index (χ4v) is 9.47. The molecule has 32 nitrogen and oxygen atoms in total. The van der Waals surface area contributed by atoms with Crippen LogP contribution in [0.5, 0.6) is 0 Å². The van der Waals surface area contributed by atoms with Gasteiger partial charge in [0, 0.05) is 13.5 Å². The van der Waals surface area contributed by atoms with E-state index in [1.165, 1.54) is 46.4 Å². The van der Waals surface area contributed by atoms with Gasteiger partial charge in [-0.15, -0.1) is 0 Å². The maximum atomic E-state index is 11.6. The van der Waals surface area contributed by atoms with Gasteiger partial charge in [0.25, 0.3) is 0 Å². The second kappa shape index (κ2) is 26.1. The molecule has 0 spiro atoms. The van der Waals surface area contributed by atoms with E-state index in [1.54, 1.807) is 11.9 Å². The van der Waals surface area contributed by atoms with Crippen LogP contribution in [-0.2, 0) is 61.9 Å². The molecule has 0 radical (unpaired) electrons. The summed E-state index contributed by atoms with van der Waals surface area (Å²) in [5, 5.41) is 156. The Bertz CT molecular complexity index is 1920. The lowest BCUT2D eigenvalue weighted by Crippen LogP contribution is -2.66. The molecule has 7 rings (SSSR count). The Morgan fingerprint density at radius 1 is 0.560 bits per heavy atom. The Balaban J connectivity index is 0.000000246. The van der Waals surface area contributed by atoms with Crippen LogP contribution in [-0.4, -0.2) is 319 Å². The quantitative estimate of drug-likeness (QED) is 0.0567. The number of likely N-dealkylation sites (N-methyl/N-ethyl adjacent to an activating group) is 1. The average Bonchev–Trinajstić information content (AvgIpc) is 4.24. The molecule has 0 aromatic rings. The normalized spacial score (nSPS) is 44.0. The van der Waals surface area contributed by atoms with Crippen molar-refractivity contribution in [3.8, 4) is 0 Å². The second-order valence-corrected chi connectivity index (χ2v) is 19.6. The van der Waals surface area contributed by atoms with Gasteiger partial charge in [0.15, 0.2) is 30.8 Å². The van der Waals surface area contributed by atoms with E-state index in [-0.39, 0.29) is 31.3 Å². The van der Waals surface area contributed by atoms with Gasteiger partial charge in [-0.25, -0.2) is 14.4 Å². The Kier molecular flexibility index (Phi) is 22.3. The topological polar surface area (TPSA) is 515 Å². The minimum absolute atomic E-state index is 0.0386. The van der Waals surface area contributed by atoms with Gasteiger partial charge >= 0.3 is 17.9 Å². The first-order valence-corrected chi connectivity index (χ1v) is 23.6. The molecule has 7 fully saturated rings. The van der Waals surface area contributed by atoms with Crippen molar-refractivity contribution in [3.63, 3.8) is 0 Å². The van der Waals surface area contributed by atoms with Crippen LogP contribution >= 0.6 is 0 Å². The molecule has 7 aliphatic heterocycles. The number of fused-ring (bicyclic) bond motifs is 2. The highest BCUT2D eigenvalue weighted by Gasteiger charge is 2.65. The van der Waals surface area contributed by atoms with Gasteiger partial charge in [-0.2, -0.15) is 0 Å². The van der Waals surface area contributed by atoms with E-state index in [9.17, 15) is 95.8 Å². The summed E-state index contributed by atoms with van der Waals surface area (Å²) in [7, 11) is 1.75. The molecule has 26 unspecified atom stereocenters. The fourth-order valence-electron chi connectivity index (χ4n) is 9.47. The van der Waals surface area contributed by atoms with Gasteiger partial charge in [-0.3, -0.25) is 9.69 Å². The van der Waals surface area contributed by atoms with Crippen LogP contribution in [0, 0.1) is 0 Å². The van der Waals surface area contributed by atoms with Crippen molar-refractivity contribution >= 4 is 30.1 Å². The van der Waals surface area contributed by atoms with Gasteiger partial charge in [0.2, 0.25) is 5.91 Å². The Morgan fingerprint density at radius 3 is 1.28 bits per heavy atom. The first-order chi connectivity index (χ1) is 34.8. The average molecular weight is 1100 g/mol. The number of hydrogen-bond acceptors (Lipinski definition) is 28. The third-order valence-electron chi connectivity index (χ3n) is 13.5. The molecule has 0 aliphatic carbocycles. The number of rotatable bonds is 14. The minimum Gasteiger partial charge on any atom is -0.479 e. The molecule has 18 N–H and O–H groups in total. The Labute approximate surface area is 427 Å². The number of carboxylic acids is 3. The number of carboxylic acid groups (broad SMARTS) is 3. The summed E-state index contributed by atoms with van der Waals surface area (Å²) in [5.74, 6) is -4.79. The molecule has 7 saturated heterocycles. The highest BCUT2D eigenvalue weighted by atomic mass is 16.7. The number of aliphatic carboxylic acids is 3. The van der Waals surface area contributed by atoms with Crippen LogP contribution in [0.2, 0.25) is 0 Å². The van der Waals surface area contributed by atoms with Crippen LogP contribution < -0.4 is 5.73 Å². The first kappa shape index (κ1) is 64.2. The second-order valence-electron chi connectivity index (χ2n) is 19.6. The number of nitrogens with two attached hydrogens (primary N) is 1. The van der Waals surface area contributed by atoms with Crippen LogP contribution in [0.25, 0.3) is 0 Å². The number of aliphatic hydroxyl groups excluding tert-OH is 13. The molecular formula is C43H73N3O29. The molecule has 0 aromatic heterocycles. The maximum Gasteiger partial charge on any atom is 0.335 e. The zero-order valence-corrected chi connectivity index (χ0v) is 41.8. The number of amides is 1. The van der Waals surface area contributed by atoms with E-state index < -0.39 is 183 Å². The molecule has 434 valence electrons. The SMILES string of the molecule is CC(=O)N1C2OC(CO)C(OC(C)(C)C3OC(C(=O)O)C(O)C(O)C3O)C(O)C21.CC=O.CN1C2OC(CO)C(OC(C)(C)C3OC(C(=O)O)C(O)C(O)C3O)C(O)C21.NCCOC1OC(C(=O)O)C(O)C(O)C1O. The number of ether oxygens (including phenoxy) is 8. The summed E-state index contributed by atoms with van der Waals surface area (Å²) in [6.45, 7) is 7.87. The number of hydrogen-bond donors (Lipinski definition) is 17. The van der Waals surface area contributed by atoms with Crippen molar-refractivity contribution in [1.29, 1.82) is 0 Å². The van der Waals surface area contributed by atoms with E-state index in [2.05, 4.69) is 0 Å². The van der Waals surface area contributed by atoms with Crippen LogP contribution in [0.3, 0.4) is 0 Å². The van der Waals surface area contributed by atoms with Crippen molar-refractivity contribution in [1.82, 2.24) is 9.80 Å². The Hall–Kier alpha value is -3.37. The third kappa shape index (κ3) is 13.9. The highest BCUT2D eigenvalue weighted by molar-refractivity contribution is 5.77. The summed E-state index contributed by atoms with van der Waals surface area (Å²) in [4.78, 5) is 56.8. The van der Waals surface area contributed by atoms with Gasteiger partial charge in [0.1, 0.15) is 122 Å². The molecule has 26 atom stereocenters. The zero-order valence-electron chi connectivity index (χ0n) is 41.8. The molecule has 0 aromatic carbocycles. The lowest BCUT2D eigenvalue weighted by atomic mass is 9.86. The van der Waals surface area contributed by atoms with Crippen molar-refractivity contribution < 1.29 is 144 Å². The maximum absolute atomic E-state index is 11.6. The minimum atomic E-state index is -1.85. The van der Waals surface area contributed by atoms with Crippen molar-refractivity contribution in [2.45, 2.75) is 206 Å². The van der Waals surface area contributed by atoms with Gasteiger partial charge in [-0.1, -0.05) is 0 Å². The fraction of sp³-hybridized carbons (Fsp3) is 0.884. The largest absolute Gasteiger partial charge is 0.479 e. The summed E-state index contributed by atoms with van der Waals surface area (Å²) >= 11 is 0. The van der Waals surface area contributed by atoms with Crippen LogP contribution in [0.1, 0.15) is 41.5 Å². The standard InChI is InChI=1S/C17H27NO11.C16H27NO10.C8H15NO7.C2H4O/c1-5(20)18-7-8(21)12(6(4-19)27-15(7)18)29-17(2,3)14-11(24)9(22)10(23)13(28-14)16(25)26;1-16(2,13-10(22)8(20)9(21)12(26-13)15(23)24)27-11-5(4-18)25-14-6(7(11)19)17(14)3;9-1-2-15-8-5(12)3(10)4(11)6(16-8)7(13)14;1-2-3/h6-15,19,21-24H,4H2,1-3H3,(H,25,26);5-14,18-22H,4H2,1-3H3,(H,23,24);3-6,8,10-12H,1-2,9H2,(H,13,14);2H,1H3. The zero-order chi connectivity index (χ0) is 57.1. The number of aliphatic hydroxyl groups is 13. The van der Waals surface area contributed by atoms with Crippen molar-refractivity contribution in [2.24, 2.45) is 5.73 Å². The summed E-state index contributed by atoms with van der Waals surface area (Å²) in [6.07, 6.45) is -31.0. The third-order valence-corrected chi connectivity index (χ3v) is 13.5. The molecule has 32 heteroatoms. The van der Waals surface area contributed by atoms with Crippen molar-refractivity contribution in [2.75, 3.05) is 33.4 Å². The van der Waals surface area contributed by atoms with Gasteiger partial charge in [0.05, 0.1) is 37.1 Å². The predicted octanol–water partition coefficient (Wildman–Crippen LogP) is -10.1. The number of nitrogens with zero attached hydrogens (tertiary/aromatic N) is 2. The molecule has 75 heavy (non-hydrogen) atoms. The highest BCUT2D eigenvalue weighted by Crippen LogP contribution is 2.44. The van der Waals surface area contributed by atoms with Crippen molar-refractivity contribution in [3.05, 3.63) is 0 Å². The van der Waals surface area contributed by atoms with E-state index in [1.807, 2.05) is 0 Å². The van der Waals surface area contributed by atoms with Gasteiger partial charge < -0.3 is 135 Å². The van der Waals surface area contributed by atoms with Crippen LogP contribution in [0.4, 0.5) is 0 Å². The van der Waals surface area contributed by atoms with E-state index in [4.69, 9.17) is 53.5 Å². The molecule has 7 aliphatic rings. The summed E-state index contributed by atoms with van der Waals surface area (Å²) in [5.41, 5.74) is 2.28. The molecule has 1 amide bonds. The number of carbonyl (C=O) groups is 5. The number of aldehydes is 1. The summed E-state index contributed by atoms with van der Waals surface area (Å²) in [6, 6.07) is -0.961. The van der Waals surface area contributed by atoms with E-state index >= 15 is 0 Å². The van der Waals surface area contributed by atoms with Gasteiger partial charge in [-0.05, 0) is 41.7 Å². The predicted molar refractivity (Wildman–Crippen MR) is 239 cm³/mol. The molecular weight excluding hydrogens is 1020 g/mol. The molecule has 7 heterocycles. The number of carbonyl (C=O) groups excluding carboxylic acids is 2.